The van der Waals surface area contributed by atoms with Gasteiger partial charge in [-0.3, -0.25) is 0 Å². The third-order valence-electron chi connectivity index (χ3n) is 2.21. The van der Waals surface area contributed by atoms with Crippen molar-refractivity contribution in [2.45, 2.75) is 19.6 Å². The number of methoxy groups -OCH3 is 2. The largest absolute Gasteiger partial charge is 0.496 e. The van der Waals surface area contributed by atoms with Crippen molar-refractivity contribution >= 4 is 0 Å². The smallest absolute Gasteiger partial charge is 0.122 e. The van der Waals surface area contributed by atoms with Crippen LogP contribution in [-0.4, -0.2) is 20.4 Å². The van der Waals surface area contributed by atoms with Crippen LogP contribution in [0.3, 0.4) is 0 Å². The number of hydrogen-bond donors (Lipinski definition) is 1. The average Bonchev–Trinajstić information content (AvgIpc) is 2.20. The predicted molar refractivity (Wildman–Crippen MR) is 56.4 cm³/mol. The fourth-order valence-electron chi connectivity index (χ4n) is 1.31. The van der Waals surface area contributed by atoms with Gasteiger partial charge in [-0.1, -0.05) is 12.1 Å². The number of aryl methyl sites for hydroxylation is 1. The van der Waals surface area contributed by atoms with Crippen LogP contribution in [0.15, 0.2) is 18.2 Å². The molecule has 14 heavy (non-hydrogen) atoms. The van der Waals surface area contributed by atoms with E-state index in [1.807, 2.05) is 25.1 Å². The molecule has 0 aromatic heterocycles. The van der Waals surface area contributed by atoms with Crippen molar-refractivity contribution in [1.29, 1.82) is 0 Å². The van der Waals surface area contributed by atoms with E-state index in [1.54, 1.807) is 14.2 Å². The zero-order valence-corrected chi connectivity index (χ0v) is 8.91. The second-order valence-electron chi connectivity index (χ2n) is 3.28. The minimum Gasteiger partial charge on any atom is -0.496 e. The van der Waals surface area contributed by atoms with Crippen LogP contribution in [0, 0.1) is 6.92 Å². The van der Waals surface area contributed by atoms with Crippen LogP contribution >= 0.6 is 0 Å². The fourth-order valence-corrected chi connectivity index (χ4v) is 1.31. The van der Waals surface area contributed by atoms with Crippen LogP contribution in [0.1, 0.15) is 11.1 Å². The van der Waals surface area contributed by atoms with Crippen molar-refractivity contribution in [1.82, 2.24) is 0 Å². The van der Waals surface area contributed by atoms with Gasteiger partial charge in [-0.25, -0.2) is 0 Å². The van der Waals surface area contributed by atoms with Crippen molar-refractivity contribution in [3.63, 3.8) is 0 Å². The first-order chi connectivity index (χ1) is 6.67. The van der Waals surface area contributed by atoms with Gasteiger partial charge in [0.05, 0.1) is 7.11 Å². The Morgan fingerprint density at radius 2 is 2.07 bits per heavy atom. The van der Waals surface area contributed by atoms with E-state index in [0.717, 1.165) is 16.9 Å². The molecule has 0 aliphatic carbocycles. The topological polar surface area (TPSA) is 44.5 Å². The van der Waals surface area contributed by atoms with Crippen LogP contribution in [0.25, 0.3) is 0 Å². The highest BCUT2D eigenvalue weighted by Gasteiger charge is 2.04. The van der Waals surface area contributed by atoms with E-state index in [1.165, 1.54) is 0 Å². The number of benzene rings is 1. The molecule has 3 nitrogen and oxygen atoms in total. The molecular formula is C11H17NO2. The molecule has 1 unspecified atom stereocenters. The Morgan fingerprint density at radius 1 is 1.36 bits per heavy atom. The maximum atomic E-state index is 5.67. The SMILES string of the molecule is COc1cc(CC(N)OC)ccc1C. The quantitative estimate of drug-likeness (QED) is 0.740. The van der Waals surface area contributed by atoms with E-state index >= 15 is 0 Å². The Hall–Kier alpha value is -1.06. The van der Waals surface area contributed by atoms with E-state index < -0.39 is 0 Å². The van der Waals surface area contributed by atoms with E-state index in [4.69, 9.17) is 15.2 Å². The van der Waals surface area contributed by atoms with Gasteiger partial charge in [0.25, 0.3) is 0 Å². The Bertz CT molecular complexity index is 299. The second-order valence-corrected chi connectivity index (χ2v) is 3.28. The first kappa shape index (κ1) is 11.0. The molecule has 1 rings (SSSR count). The molecule has 0 saturated carbocycles. The molecule has 78 valence electrons. The molecule has 0 spiro atoms. The summed E-state index contributed by atoms with van der Waals surface area (Å²) in [6.45, 7) is 2.01. The molecule has 0 radical (unpaired) electrons. The molecule has 0 aliphatic rings. The number of hydrogen-bond acceptors (Lipinski definition) is 3. The molecule has 0 saturated heterocycles. The lowest BCUT2D eigenvalue weighted by atomic mass is 10.1. The normalized spacial score (nSPS) is 12.6. The van der Waals surface area contributed by atoms with Crippen LogP contribution in [0.5, 0.6) is 5.75 Å². The Labute approximate surface area is 84.8 Å². The molecule has 0 heterocycles. The van der Waals surface area contributed by atoms with Crippen molar-refractivity contribution < 1.29 is 9.47 Å². The standard InChI is InChI=1S/C11H17NO2/c1-8-4-5-9(6-10(8)13-2)7-11(12)14-3/h4-6,11H,7,12H2,1-3H3. The Kier molecular flexibility index (Phi) is 3.92. The lowest BCUT2D eigenvalue weighted by Crippen LogP contribution is -2.24. The molecule has 2 N–H and O–H groups in total. The minimum absolute atomic E-state index is 0.248. The zero-order chi connectivity index (χ0) is 10.6. The van der Waals surface area contributed by atoms with Gasteiger partial charge in [-0.05, 0) is 24.1 Å². The van der Waals surface area contributed by atoms with Crippen molar-refractivity contribution in [3.8, 4) is 5.75 Å². The lowest BCUT2D eigenvalue weighted by Gasteiger charge is -2.11. The summed E-state index contributed by atoms with van der Waals surface area (Å²) in [5.74, 6) is 0.894. The van der Waals surface area contributed by atoms with Gasteiger partial charge in [0.2, 0.25) is 0 Å². The monoisotopic (exact) mass is 195 g/mol. The molecule has 0 aliphatic heterocycles. The first-order valence-corrected chi connectivity index (χ1v) is 4.59. The number of ether oxygens (including phenoxy) is 2. The molecule has 0 fully saturated rings. The summed E-state index contributed by atoms with van der Waals surface area (Å²) in [7, 11) is 3.28. The fraction of sp³-hybridized carbons (Fsp3) is 0.455. The molecule has 0 bridgehead atoms. The van der Waals surface area contributed by atoms with Crippen molar-refractivity contribution in [2.75, 3.05) is 14.2 Å². The van der Waals surface area contributed by atoms with E-state index in [9.17, 15) is 0 Å². The summed E-state index contributed by atoms with van der Waals surface area (Å²) < 4.78 is 10.2. The van der Waals surface area contributed by atoms with Crippen molar-refractivity contribution in [3.05, 3.63) is 29.3 Å². The summed E-state index contributed by atoms with van der Waals surface area (Å²) >= 11 is 0. The first-order valence-electron chi connectivity index (χ1n) is 4.59. The summed E-state index contributed by atoms with van der Waals surface area (Å²) in [4.78, 5) is 0. The number of rotatable bonds is 4. The van der Waals surface area contributed by atoms with Gasteiger partial charge in [-0.15, -0.1) is 0 Å². The average molecular weight is 195 g/mol. The van der Waals surface area contributed by atoms with E-state index in [0.29, 0.717) is 6.42 Å². The molecule has 3 heteroatoms. The van der Waals surface area contributed by atoms with Gasteiger partial charge < -0.3 is 15.2 Å². The molecule has 0 amide bonds. The third-order valence-corrected chi connectivity index (χ3v) is 2.21. The highest BCUT2D eigenvalue weighted by Crippen LogP contribution is 2.19. The molecule has 1 aromatic rings. The van der Waals surface area contributed by atoms with Crippen LogP contribution < -0.4 is 10.5 Å². The third kappa shape index (κ3) is 2.72. The zero-order valence-electron chi connectivity index (χ0n) is 8.91. The van der Waals surface area contributed by atoms with Crippen LogP contribution in [0.2, 0.25) is 0 Å². The lowest BCUT2D eigenvalue weighted by molar-refractivity contribution is 0.109. The number of nitrogens with two attached hydrogens (primary N) is 1. The Morgan fingerprint density at radius 3 is 2.64 bits per heavy atom. The highest BCUT2D eigenvalue weighted by molar-refractivity contribution is 5.36. The summed E-state index contributed by atoms with van der Waals surface area (Å²) in [5, 5.41) is 0. The molecule has 1 aromatic carbocycles. The maximum Gasteiger partial charge on any atom is 0.122 e. The highest BCUT2D eigenvalue weighted by atomic mass is 16.5. The van der Waals surface area contributed by atoms with Gasteiger partial charge >= 0.3 is 0 Å². The van der Waals surface area contributed by atoms with E-state index in [-0.39, 0.29) is 6.23 Å². The minimum atomic E-state index is -0.248. The van der Waals surface area contributed by atoms with Gasteiger partial charge in [0, 0.05) is 13.5 Å². The van der Waals surface area contributed by atoms with Gasteiger partial charge in [-0.2, -0.15) is 0 Å². The maximum absolute atomic E-state index is 5.67. The Balaban J connectivity index is 2.79. The summed E-state index contributed by atoms with van der Waals surface area (Å²) in [6.07, 6.45) is 0.454. The van der Waals surface area contributed by atoms with E-state index in [2.05, 4.69) is 0 Å². The predicted octanol–water partition coefficient (Wildman–Crippen LogP) is 1.48. The molecular weight excluding hydrogens is 178 g/mol. The van der Waals surface area contributed by atoms with Gasteiger partial charge in [0.1, 0.15) is 12.0 Å². The summed E-state index contributed by atoms with van der Waals surface area (Å²) in [5.41, 5.74) is 7.93. The summed E-state index contributed by atoms with van der Waals surface area (Å²) in [6, 6.07) is 6.06. The second kappa shape index (κ2) is 4.98. The van der Waals surface area contributed by atoms with Crippen LogP contribution in [0.4, 0.5) is 0 Å². The molecule has 1 atom stereocenters. The van der Waals surface area contributed by atoms with Crippen LogP contribution in [-0.2, 0) is 11.2 Å². The van der Waals surface area contributed by atoms with Gasteiger partial charge in [0.15, 0.2) is 0 Å². The van der Waals surface area contributed by atoms with Crippen molar-refractivity contribution in [2.24, 2.45) is 5.73 Å².